The zero-order valence-electron chi connectivity index (χ0n) is 53.6. The summed E-state index contributed by atoms with van der Waals surface area (Å²) in [6.45, 7) is 11.6. The number of carbonyl (C=O) groups is 4. The summed E-state index contributed by atoms with van der Waals surface area (Å²) in [5.41, 5.74) is 0. The number of phosphoric acid groups is 2. The van der Waals surface area contributed by atoms with Gasteiger partial charge >= 0.3 is 39.5 Å². The second kappa shape index (κ2) is 55.4. The molecule has 0 aliphatic heterocycles. The van der Waals surface area contributed by atoms with Crippen molar-refractivity contribution in [3.05, 3.63) is 0 Å². The standard InChI is InChI=1S/C64H124O17P2/c1-8-9-10-28-38-45-61(66)74-51-59(81-64(69)48-41-34-27-26-31-37-44-57(6)7)53-78-82(70,71)76-49-58(65)50-77-83(72,73)79-54-60(52-75-62(67)46-39-32-25-21-23-30-36-43-56(4)5)80-63(68)47-40-33-24-20-18-16-14-12-11-13-15-17-19-22-29-35-42-55(2)3/h55-60,65H,8-54H2,1-7H3,(H,70,71)(H,72,73)/t58-,59+,60+/m0/s1. The van der Waals surface area contributed by atoms with Crippen molar-refractivity contribution in [3.8, 4) is 0 Å². The van der Waals surface area contributed by atoms with Gasteiger partial charge in [-0.1, -0.05) is 260 Å². The Hall–Kier alpha value is -1.94. The second-order valence-corrected chi connectivity index (χ2v) is 27.5. The highest BCUT2D eigenvalue weighted by molar-refractivity contribution is 7.47. The SMILES string of the molecule is CCCCCCCC(=O)OC[C@H](COP(=O)(O)OC[C@H](O)COP(=O)(O)OC[C@@H](COC(=O)CCCCCCCCCC(C)C)OC(=O)CCCCCCCCCCCCCCCCCCC(C)C)OC(=O)CCCCCCCCC(C)C. The Morgan fingerprint density at radius 2 is 0.554 bits per heavy atom. The van der Waals surface area contributed by atoms with Gasteiger partial charge in [0.1, 0.15) is 19.3 Å². The maximum Gasteiger partial charge on any atom is 0.472 e. The number of carbonyl (C=O) groups excluding carboxylic acids is 4. The van der Waals surface area contributed by atoms with Gasteiger partial charge < -0.3 is 33.8 Å². The summed E-state index contributed by atoms with van der Waals surface area (Å²) in [6, 6.07) is 0. The fourth-order valence-corrected chi connectivity index (χ4v) is 11.1. The van der Waals surface area contributed by atoms with Crippen LogP contribution in [0.2, 0.25) is 0 Å². The lowest BCUT2D eigenvalue weighted by atomic mass is 10.0. The molecular formula is C64H124O17P2. The molecule has 492 valence electrons. The first kappa shape index (κ1) is 81.1. The average molecular weight is 1230 g/mol. The van der Waals surface area contributed by atoms with E-state index in [1.807, 2.05) is 0 Å². The number of ether oxygens (including phenoxy) is 4. The second-order valence-electron chi connectivity index (χ2n) is 24.6. The Morgan fingerprint density at radius 3 is 0.819 bits per heavy atom. The van der Waals surface area contributed by atoms with Gasteiger partial charge in [-0.2, -0.15) is 0 Å². The molecule has 17 nitrogen and oxygen atoms in total. The Balaban J connectivity index is 5.11. The van der Waals surface area contributed by atoms with E-state index in [0.29, 0.717) is 37.5 Å². The molecule has 0 spiro atoms. The normalized spacial score (nSPS) is 14.4. The number of unbranched alkanes of at least 4 members (excludes halogenated alkanes) is 30. The highest BCUT2D eigenvalue weighted by atomic mass is 31.2. The summed E-state index contributed by atoms with van der Waals surface area (Å²) >= 11 is 0. The van der Waals surface area contributed by atoms with E-state index in [1.165, 1.54) is 109 Å². The van der Waals surface area contributed by atoms with Gasteiger partial charge in [-0.3, -0.25) is 37.3 Å². The topological polar surface area (TPSA) is 237 Å². The van der Waals surface area contributed by atoms with Gasteiger partial charge in [-0.05, 0) is 43.4 Å². The van der Waals surface area contributed by atoms with Gasteiger partial charge in [-0.15, -0.1) is 0 Å². The first-order valence-corrected chi connectivity index (χ1v) is 36.3. The number of aliphatic hydroxyl groups excluding tert-OH is 1. The van der Waals surface area contributed by atoms with Gasteiger partial charge in [0.25, 0.3) is 0 Å². The van der Waals surface area contributed by atoms with E-state index < -0.39 is 97.5 Å². The van der Waals surface area contributed by atoms with Crippen LogP contribution in [-0.2, 0) is 65.4 Å². The molecule has 0 aliphatic carbocycles. The average Bonchev–Trinajstić information content (AvgIpc) is 3.45. The smallest absolute Gasteiger partial charge is 0.462 e. The lowest BCUT2D eigenvalue weighted by molar-refractivity contribution is -0.161. The summed E-state index contributed by atoms with van der Waals surface area (Å²) in [5.74, 6) is 0.0324. The summed E-state index contributed by atoms with van der Waals surface area (Å²) < 4.78 is 67.7. The van der Waals surface area contributed by atoms with Crippen molar-refractivity contribution in [1.82, 2.24) is 0 Å². The third kappa shape index (κ3) is 58.8. The number of rotatable bonds is 62. The Morgan fingerprint density at radius 1 is 0.325 bits per heavy atom. The number of phosphoric ester groups is 2. The van der Waals surface area contributed by atoms with Gasteiger partial charge in [0.05, 0.1) is 26.4 Å². The van der Waals surface area contributed by atoms with E-state index in [0.717, 1.165) is 109 Å². The minimum absolute atomic E-state index is 0.101. The van der Waals surface area contributed by atoms with Gasteiger partial charge in [0.15, 0.2) is 12.2 Å². The first-order chi connectivity index (χ1) is 39.7. The van der Waals surface area contributed by atoms with Gasteiger partial charge in [0.2, 0.25) is 0 Å². The Kier molecular flexibility index (Phi) is 54.1. The first-order valence-electron chi connectivity index (χ1n) is 33.3. The molecular weight excluding hydrogens is 1100 g/mol. The summed E-state index contributed by atoms with van der Waals surface area (Å²) in [7, 11) is -9.88. The van der Waals surface area contributed by atoms with E-state index in [4.69, 9.17) is 37.0 Å². The zero-order valence-corrected chi connectivity index (χ0v) is 55.4. The minimum Gasteiger partial charge on any atom is -0.462 e. The highest BCUT2D eigenvalue weighted by Crippen LogP contribution is 2.45. The predicted molar refractivity (Wildman–Crippen MR) is 331 cm³/mol. The molecule has 0 aromatic rings. The van der Waals surface area contributed by atoms with E-state index in [2.05, 4.69) is 48.5 Å². The van der Waals surface area contributed by atoms with Crippen LogP contribution in [0.3, 0.4) is 0 Å². The molecule has 0 amide bonds. The molecule has 0 radical (unpaired) electrons. The fourth-order valence-electron chi connectivity index (χ4n) is 9.48. The number of aliphatic hydroxyl groups is 1. The largest absolute Gasteiger partial charge is 0.472 e. The third-order valence-corrected chi connectivity index (χ3v) is 16.5. The van der Waals surface area contributed by atoms with Crippen molar-refractivity contribution < 1.29 is 80.2 Å². The zero-order chi connectivity index (χ0) is 61.7. The van der Waals surface area contributed by atoms with E-state index in [1.54, 1.807) is 0 Å². The van der Waals surface area contributed by atoms with Crippen molar-refractivity contribution in [3.63, 3.8) is 0 Å². The molecule has 0 saturated heterocycles. The Labute approximate surface area is 505 Å². The molecule has 3 N–H and O–H groups in total. The van der Waals surface area contributed by atoms with Gasteiger partial charge in [-0.25, -0.2) is 9.13 Å². The molecule has 0 aliphatic rings. The third-order valence-electron chi connectivity index (χ3n) is 14.6. The monoisotopic (exact) mass is 1230 g/mol. The molecule has 0 aromatic heterocycles. The number of hydrogen-bond donors (Lipinski definition) is 3. The molecule has 0 heterocycles. The maximum atomic E-state index is 13.0. The molecule has 83 heavy (non-hydrogen) atoms. The summed E-state index contributed by atoms with van der Waals surface area (Å²) in [6.07, 6.45) is 36.9. The van der Waals surface area contributed by atoms with Crippen LogP contribution in [0, 0.1) is 17.8 Å². The van der Waals surface area contributed by atoms with Crippen LogP contribution in [0.15, 0.2) is 0 Å². The lowest BCUT2D eigenvalue weighted by Crippen LogP contribution is -2.30. The summed E-state index contributed by atoms with van der Waals surface area (Å²) in [5, 5.41) is 10.5. The molecule has 19 heteroatoms. The molecule has 0 rings (SSSR count). The number of esters is 4. The van der Waals surface area contributed by atoms with E-state index in [-0.39, 0.29) is 25.7 Å². The van der Waals surface area contributed by atoms with Crippen molar-refractivity contribution in [2.24, 2.45) is 17.8 Å². The molecule has 5 atom stereocenters. The van der Waals surface area contributed by atoms with Crippen LogP contribution >= 0.6 is 15.6 Å². The van der Waals surface area contributed by atoms with Crippen molar-refractivity contribution >= 4 is 39.5 Å². The predicted octanol–water partition coefficient (Wildman–Crippen LogP) is 17.5. The van der Waals surface area contributed by atoms with E-state index >= 15 is 0 Å². The molecule has 0 saturated carbocycles. The van der Waals surface area contributed by atoms with Crippen LogP contribution in [0.25, 0.3) is 0 Å². The molecule has 0 bridgehead atoms. The summed E-state index contributed by atoms with van der Waals surface area (Å²) in [4.78, 5) is 71.9. The van der Waals surface area contributed by atoms with Gasteiger partial charge in [0, 0.05) is 25.7 Å². The minimum atomic E-state index is -4.94. The molecule has 2 unspecified atom stereocenters. The van der Waals surface area contributed by atoms with Crippen LogP contribution in [-0.4, -0.2) is 96.7 Å². The quantitative estimate of drug-likeness (QED) is 0.0222. The molecule has 0 aromatic carbocycles. The maximum absolute atomic E-state index is 13.0. The number of hydrogen-bond acceptors (Lipinski definition) is 15. The van der Waals surface area contributed by atoms with Crippen molar-refractivity contribution in [2.45, 2.75) is 330 Å². The highest BCUT2D eigenvalue weighted by Gasteiger charge is 2.30. The van der Waals surface area contributed by atoms with E-state index in [9.17, 15) is 43.2 Å². The van der Waals surface area contributed by atoms with Crippen molar-refractivity contribution in [1.29, 1.82) is 0 Å². The van der Waals surface area contributed by atoms with Crippen molar-refractivity contribution in [2.75, 3.05) is 39.6 Å². The van der Waals surface area contributed by atoms with Crippen LogP contribution in [0.1, 0.15) is 312 Å². The fraction of sp³-hybridized carbons (Fsp3) is 0.938. The van der Waals surface area contributed by atoms with Crippen LogP contribution in [0.5, 0.6) is 0 Å². The molecule has 0 fully saturated rings. The lowest BCUT2D eigenvalue weighted by Gasteiger charge is -2.21. The van der Waals surface area contributed by atoms with Crippen LogP contribution < -0.4 is 0 Å². The van der Waals surface area contributed by atoms with Crippen LogP contribution in [0.4, 0.5) is 0 Å². The Bertz CT molecular complexity index is 1650.